The highest BCUT2D eigenvalue weighted by Crippen LogP contribution is 2.23. The minimum atomic E-state index is -0.256. The minimum Gasteiger partial charge on any atom is -0.494 e. The molecule has 3 aromatic carbocycles. The lowest BCUT2D eigenvalue weighted by atomic mass is 10.0. The number of benzene rings is 3. The van der Waals surface area contributed by atoms with Gasteiger partial charge >= 0.3 is 5.97 Å². The first kappa shape index (κ1) is 24.1. The molecule has 0 radical (unpaired) electrons. The van der Waals surface area contributed by atoms with Crippen LogP contribution in [0.5, 0.6) is 11.5 Å². The van der Waals surface area contributed by atoms with Gasteiger partial charge in [-0.05, 0) is 65.9 Å². The Kier molecular flexibility index (Phi) is 9.54. The lowest BCUT2D eigenvalue weighted by molar-refractivity contribution is -0.134. The van der Waals surface area contributed by atoms with Crippen molar-refractivity contribution in [2.45, 2.75) is 51.9 Å². The van der Waals surface area contributed by atoms with Crippen LogP contribution >= 0.6 is 0 Å². The number of nitrogens with zero attached hydrogens (tertiary/aromatic N) is 1. The molecule has 4 heteroatoms. The molecule has 0 heterocycles. The summed E-state index contributed by atoms with van der Waals surface area (Å²) in [6, 6.07) is 24.9. The van der Waals surface area contributed by atoms with Crippen molar-refractivity contribution in [1.82, 2.24) is 0 Å². The van der Waals surface area contributed by atoms with Crippen molar-refractivity contribution in [3.05, 3.63) is 83.9 Å². The van der Waals surface area contributed by atoms with Gasteiger partial charge in [-0.2, -0.15) is 5.26 Å². The van der Waals surface area contributed by atoms with Crippen LogP contribution in [0.15, 0.2) is 72.8 Å². The first-order valence-corrected chi connectivity index (χ1v) is 11.7. The third kappa shape index (κ3) is 8.12. The molecule has 0 unspecified atom stereocenters. The molecular formula is C29H31NO3. The van der Waals surface area contributed by atoms with Gasteiger partial charge in [0.15, 0.2) is 0 Å². The van der Waals surface area contributed by atoms with Crippen molar-refractivity contribution in [2.75, 3.05) is 6.61 Å². The summed E-state index contributed by atoms with van der Waals surface area (Å²) in [5.74, 6) is 1.15. The van der Waals surface area contributed by atoms with Gasteiger partial charge in [0.05, 0.1) is 18.2 Å². The Balaban J connectivity index is 1.40. The molecule has 0 fully saturated rings. The number of rotatable bonds is 12. The predicted molar refractivity (Wildman–Crippen MR) is 131 cm³/mol. The topological polar surface area (TPSA) is 59.3 Å². The molecule has 0 saturated carbocycles. The number of hydrogen-bond donors (Lipinski definition) is 0. The molecule has 0 aliphatic carbocycles. The molecule has 0 bridgehead atoms. The fraction of sp³-hybridized carbons (Fsp3) is 0.310. The maximum atomic E-state index is 12.3. The second-order valence-electron chi connectivity index (χ2n) is 8.09. The zero-order chi connectivity index (χ0) is 23.3. The van der Waals surface area contributed by atoms with Crippen molar-refractivity contribution >= 4 is 5.97 Å². The van der Waals surface area contributed by atoms with Gasteiger partial charge in [0.2, 0.25) is 0 Å². The van der Waals surface area contributed by atoms with Gasteiger partial charge in [0.1, 0.15) is 11.5 Å². The molecule has 3 aromatic rings. The molecule has 0 saturated heterocycles. The van der Waals surface area contributed by atoms with Crippen molar-refractivity contribution in [3.63, 3.8) is 0 Å². The van der Waals surface area contributed by atoms with E-state index in [4.69, 9.17) is 14.7 Å². The Labute approximate surface area is 196 Å². The molecule has 170 valence electrons. The number of hydrogen-bond acceptors (Lipinski definition) is 4. The molecule has 0 N–H and O–H groups in total. The van der Waals surface area contributed by atoms with Gasteiger partial charge in [-0.15, -0.1) is 0 Å². The Morgan fingerprint density at radius 2 is 1.39 bits per heavy atom. The van der Waals surface area contributed by atoms with Crippen molar-refractivity contribution in [3.8, 4) is 28.7 Å². The summed E-state index contributed by atoms with van der Waals surface area (Å²) in [4.78, 5) is 12.3. The van der Waals surface area contributed by atoms with E-state index in [1.165, 1.54) is 25.7 Å². The number of nitriles is 1. The third-order valence-corrected chi connectivity index (χ3v) is 5.49. The Hall–Kier alpha value is -3.58. The predicted octanol–water partition coefficient (Wildman–Crippen LogP) is 7.11. The fourth-order valence-electron chi connectivity index (χ4n) is 3.53. The van der Waals surface area contributed by atoms with Crippen LogP contribution in [0.3, 0.4) is 0 Å². The first-order chi connectivity index (χ1) is 16.2. The number of esters is 1. The summed E-state index contributed by atoms with van der Waals surface area (Å²) in [5.41, 5.74) is 3.72. The fourth-order valence-corrected chi connectivity index (χ4v) is 3.53. The van der Waals surface area contributed by atoms with Gasteiger partial charge in [-0.1, -0.05) is 69.0 Å². The van der Waals surface area contributed by atoms with Crippen molar-refractivity contribution in [2.24, 2.45) is 0 Å². The largest absolute Gasteiger partial charge is 0.494 e. The van der Waals surface area contributed by atoms with Crippen molar-refractivity contribution in [1.29, 1.82) is 5.26 Å². The van der Waals surface area contributed by atoms with Crippen LogP contribution in [0.4, 0.5) is 0 Å². The van der Waals surface area contributed by atoms with E-state index in [0.717, 1.165) is 35.5 Å². The minimum absolute atomic E-state index is 0.256. The van der Waals surface area contributed by atoms with E-state index in [-0.39, 0.29) is 5.97 Å². The monoisotopic (exact) mass is 441 g/mol. The quantitative estimate of drug-likeness (QED) is 0.171. The summed E-state index contributed by atoms with van der Waals surface area (Å²) in [5, 5.41) is 8.91. The average molecular weight is 442 g/mol. The van der Waals surface area contributed by atoms with Gasteiger partial charge in [0.25, 0.3) is 0 Å². The maximum Gasteiger partial charge on any atom is 0.311 e. The lowest BCUT2D eigenvalue weighted by Crippen LogP contribution is -2.09. The number of carbonyl (C=O) groups is 1. The highest BCUT2D eigenvalue weighted by atomic mass is 16.5. The van der Waals surface area contributed by atoms with Crippen LogP contribution in [-0.4, -0.2) is 12.6 Å². The van der Waals surface area contributed by atoms with E-state index in [1.807, 2.05) is 48.5 Å². The highest BCUT2D eigenvalue weighted by Gasteiger charge is 2.07. The second kappa shape index (κ2) is 13.1. The molecule has 33 heavy (non-hydrogen) atoms. The smallest absolute Gasteiger partial charge is 0.311 e. The number of carbonyl (C=O) groups excluding carboxylic acids is 1. The number of aryl methyl sites for hydroxylation is 1. The van der Waals surface area contributed by atoms with Gasteiger partial charge in [0, 0.05) is 6.42 Å². The Bertz CT molecular complexity index is 1030. The Morgan fingerprint density at radius 1 is 0.788 bits per heavy atom. The Morgan fingerprint density at radius 3 is 2.03 bits per heavy atom. The molecule has 0 aromatic heterocycles. The van der Waals surface area contributed by atoms with Crippen LogP contribution in [0.1, 0.15) is 56.6 Å². The van der Waals surface area contributed by atoms with E-state index in [0.29, 0.717) is 24.2 Å². The van der Waals surface area contributed by atoms with Crippen molar-refractivity contribution < 1.29 is 14.3 Å². The van der Waals surface area contributed by atoms with E-state index in [9.17, 15) is 4.79 Å². The molecule has 0 aliphatic rings. The van der Waals surface area contributed by atoms with Crippen LogP contribution in [0, 0.1) is 11.3 Å². The summed E-state index contributed by atoms with van der Waals surface area (Å²) < 4.78 is 11.3. The summed E-state index contributed by atoms with van der Waals surface area (Å²) in [6.07, 6.45) is 7.06. The van der Waals surface area contributed by atoms with Crippen LogP contribution in [-0.2, 0) is 11.2 Å². The zero-order valence-electron chi connectivity index (χ0n) is 19.3. The molecule has 0 atom stereocenters. The summed E-state index contributed by atoms with van der Waals surface area (Å²) in [6.45, 7) is 2.97. The average Bonchev–Trinajstić information content (AvgIpc) is 2.86. The third-order valence-electron chi connectivity index (χ3n) is 5.49. The highest BCUT2D eigenvalue weighted by molar-refractivity contribution is 5.73. The maximum absolute atomic E-state index is 12.3. The van der Waals surface area contributed by atoms with Gasteiger partial charge in [-0.25, -0.2) is 0 Å². The molecule has 3 rings (SSSR count). The standard InChI is InChI=1S/C29H31NO3/c1-2-3-4-5-6-21-32-27-16-9-23(10-17-27)11-20-29(31)33-28-18-14-26(15-19-28)25-12-7-24(22-30)8-13-25/h7-10,12-19H,2-6,11,20-21H2,1H3. The van der Waals surface area contributed by atoms with Crippen LogP contribution in [0.2, 0.25) is 0 Å². The lowest BCUT2D eigenvalue weighted by Gasteiger charge is -2.08. The molecule has 0 aliphatic heterocycles. The van der Waals surface area contributed by atoms with Gasteiger partial charge < -0.3 is 9.47 Å². The summed E-state index contributed by atoms with van der Waals surface area (Å²) >= 11 is 0. The molecular weight excluding hydrogens is 410 g/mol. The molecule has 0 spiro atoms. The number of unbranched alkanes of at least 4 members (excludes halogenated alkanes) is 4. The van der Waals surface area contributed by atoms with Crippen LogP contribution in [0.25, 0.3) is 11.1 Å². The first-order valence-electron chi connectivity index (χ1n) is 11.7. The van der Waals surface area contributed by atoms with E-state index in [2.05, 4.69) is 13.0 Å². The van der Waals surface area contributed by atoms with E-state index >= 15 is 0 Å². The normalized spacial score (nSPS) is 10.4. The second-order valence-corrected chi connectivity index (χ2v) is 8.09. The van der Waals surface area contributed by atoms with E-state index < -0.39 is 0 Å². The molecule has 4 nitrogen and oxygen atoms in total. The zero-order valence-corrected chi connectivity index (χ0v) is 19.3. The molecule has 0 amide bonds. The van der Waals surface area contributed by atoms with Gasteiger partial charge in [-0.3, -0.25) is 4.79 Å². The SMILES string of the molecule is CCCCCCCOc1ccc(CCC(=O)Oc2ccc(-c3ccc(C#N)cc3)cc2)cc1. The number of ether oxygens (including phenoxy) is 2. The van der Waals surface area contributed by atoms with E-state index in [1.54, 1.807) is 24.3 Å². The van der Waals surface area contributed by atoms with Crippen LogP contribution < -0.4 is 9.47 Å². The summed E-state index contributed by atoms with van der Waals surface area (Å²) in [7, 11) is 0.